The second kappa shape index (κ2) is 6.66. The van der Waals surface area contributed by atoms with Gasteiger partial charge < -0.3 is 5.11 Å². The van der Waals surface area contributed by atoms with Gasteiger partial charge in [0.2, 0.25) is 0 Å². The van der Waals surface area contributed by atoms with E-state index in [2.05, 4.69) is 20.8 Å². The van der Waals surface area contributed by atoms with Crippen LogP contribution in [-0.2, 0) is 0 Å². The quantitative estimate of drug-likeness (QED) is 0.630. The molecule has 0 fully saturated rings. The van der Waals surface area contributed by atoms with E-state index in [-0.39, 0.29) is 0 Å². The highest BCUT2D eigenvalue weighted by Crippen LogP contribution is 2.19. The molecule has 0 aromatic rings. The zero-order valence-electron chi connectivity index (χ0n) is 8.14. The minimum absolute atomic E-state index is 0.359. The summed E-state index contributed by atoms with van der Waals surface area (Å²) in [6, 6.07) is 0. The third kappa shape index (κ3) is 6.36. The van der Waals surface area contributed by atoms with Crippen molar-refractivity contribution in [3.05, 3.63) is 0 Å². The zero-order chi connectivity index (χ0) is 8.69. The summed E-state index contributed by atoms with van der Waals surface area (Å²) in [4.78, 5) is 0. The van der Waals surface area contributed by atoms with E-state index in [9.17, 15) is 0 Å². The van der Waals surface area contributed by atoms with Gasteiger partial charge in [0.25, 0.3) is 0 Å². The molecule has 0 saturated heterocycles. The molecule has 1 N–H and O–H groups in total. The largest absolute Gasteiger partial charge is 0.396 e. The van der Waals surface area contributed by atoms with Crippen molar-refractivity contribution in [2.24, 2.45) is 11.8 Å². The fraction of sp³-hybridized carbons (Fsp3) is 1.00. The maximum absolute atomic E-state index is 8.78. The molecule has 1 unspecified atom stereocenters. The first-order valence-electron chi connectivity index (χ1n) is 4.81. The van der Waals surface area contributed by atoms with Gasteiger partial charge in [0.15, 0.2) is 0 Å². The van der Waals surface area contributed by atoms with Crippen molar-refractivity contribution >= 4 is 0 Å². The molecule has 0 aromatic heterocycles. The second-order valence-electron chi connectivity index (χ2n) is 3.80. The number of hydrogen-bond donors (Lipinski definition) is 1. The summed E-state index contributed by atoms with van der Waals surface area (Å²) in [6.07, 6.45) is 4.79. The highest BCUT2D eigenvalue weighted by atomic mass is 16.3. The average Bonchev–Trinajstić information content (AvgIpc) is 1.87. The van der Waals surface area contributed by atoms with Crippen molar-refractivity contribution in [1.29, 1.82) is 0 Å². The maximum atomic E-state index is 8.78. The molecule has 1 nitrogen and oxygen atoms in total. The summed E-state index contributed by atoms with van der Waals surface area (Å²) in [5.41, 5.74) is 0. The number of aliphatic hydroxyl groups excluding tert-OH is 1. The monoisotopic (exact) mass is 158 g/mol. The van der Waals surface area contributed by atoms with E-state index in [1.807, 2.05) is 0 Å². The average molecular weight is 158 g/mol. The molecule has 0 saturated carbocycles. The lowest BCUT2D eigenvalue weighted by Gasteiger charge is -2.16. The predicted octanol–water partition coefficient (Wildman–Crippen LogP) is 2.83. The van der Waals surface area contributed by atoms with Crippen LogP contribution >= 0.6 is 0 Å². The van der Waals surface area contributed by atoms with Crippen molar-refractivity contribution in [3.63, 3.8) is 0 Å². The fourth-order valence-electron chi connectivity index (χ4n) is 1.64. The molecule has 0 bridgehead atoms. The van der Waals surface area contributed by atoms with Crippen LogP contribution in [0.25, 0.3) is 0 Å². The Morgan fingerprint density at radius 2 is 1.82 bits per heavy atom. The van der Waals surface area contributed by atoms with Gasteiger partial charge in [-0.15, -0.1) is 0 Å². The van der Waals surface area contributed by atoms with Crippen LogP contribution in [0, 0.1) is 11.8 Å². The molecule has 0 aliphatic heterocycles. The van der Waals surface area contributed by atoms with E-state index >= 15 is 0 Å². The molecule has 0 rings (SSSR count). The Labute approximate surface area is 70.8 Å². The van der Waals surface area contributed by atoms with Crippen LogP contribution in [0.2, 0.25) is 0 Å². The summed E-state index contributed by atoms with van der Waals surface area (Å²) < 4.78 is 0. The molecule has 11 heavy (non-hydrogen) atoms. The highest BCUT2D eigenvalue weighted by Gasteiger charge is 2.08. The van der Waals surface area contributed by atoms with Crippen molar-refractivity contribution in [3.8, 4) is 0 Å². The molecule has 1 heteroatoms. The first-order chi connectivity index (χ1) is 5.20. The van der Waals surface area contributed by atoms with Crippen molar-refractivity contribution in [2.75, 3.05) is 6.61 Å². The smallest absolute Gasteiger partial charge is 0.0433 e. The highest BCUT2D eigenvalue weighted by molar-refractivity contribution is 4.60. The lowest BCUT2D eigenvalue weighted by atomic mass is 9.91. The van der Waals surface area contributed by atoms with Gasteiger partial charge in [-0.05, 0) is 24.7 Å². The standard InChI is InChI=1S/C10H22O/c1-4-5-10(6-7-11)8-9(2)3/h9-11H,4-8H2,1-3H3. The first-order valence-corrected chi connectivity index (χ1v) is 4.81. The van der Waals surface area contributed by atoms with Gasteiger partial charge in [-0.25, -0.2) is 0 Å². The Hall–Kier alpha value is -0.0400. The summed E-state index contributed by atoms with van der Waals surface area (Å²) >= 11 is 0. The molecule has 0 aromatic carbocycles. The van der Waals surface area contributed by atoms with Crippen LogP contribution in [0.1, 0.15) is 46.5 Å². The normalized spacial score (nSPS) is 13.9. The molecule has 0 amide bonds. The van der Waals surface area contributed by atoms with Crippen LogP contribution < -0.4 is 0 Å². The Balaban J connectivity index is 3.50. The van der Waals surface area contributed by atoms with Crippen LogP contribution in [-0.4, -0.2) is 11.7 Å². The molecule has 0 heterocycles. The van der Waals surface area contributed by atoms with Gasteiger partial charge in [-0.3, -0.25) is 0 Å². The third-order valence-corrected chi connectivity index (χ3v) is 2.04. The minimum atomic E-state index is 0.359. The molecule has 0 aliphatic rings. The molecular formula is C10H22O. The maximum Gasteiger partial charge on any atom is 0.0433 e. The van der Waals surface area contributed by atoms with E-state index in [4.69, 9.17) is 5.11 Å². The minimum Gasteiger partial charge on any atom is -0.396 e. The Bertz CT molecular complexity index is 72.9. The zero-order valence-corrected chi connectivity index (χ0v) is 8.14. The van der Waals surface area contributed by atoms with Crippen LogP contribution in [0.4, 0.5) is 0 Å². The molecule has 68 valence electrons. The van der Waals surface area contributed by atoms with E-state index < -0.39 is 0 Å². The number of hydrogen-bond acceptors (Lipinski definition) is 1. The Morgan fingerprint density at radius 1 is 1.18 bits per heavy atom. The number of rotatable bonds is 6. The predicted molar refractivity (Wildman–Crippen MR) is 49.6 cm³/mol. The van der Waals surface area contributed by atoms with E-state index in [1.165, 1.54) is 19.3 Å². The summed E-state index contributed by atoms with van der Waals surface area (Å²) in [5, 5.41) is 8.78. The van der Waals surface area contributed by atoms with Gasteiger partial charge in [0.1, 0.15) is 0 Å². The molecule has 1 atom stereocenters. The molecular weight excluding hydrogens is 136 g/mol. The van der Waals surface area contributed by atoms with Crippen molar-refractivity contribution < 1.29 is 5.11 Å². The van der Waals surface area contributed by atoms with Crippen LogP contribution in [0.3, 0.4) is 0 Å². The topological polar surface area (TPSA) is 20.2 Å². The third-order valence-electron chi connectivity index (χ3n) is 2.04. The Kier molecular flexibility index (Phi) is 6.63. The molecule has 0 aliphatic carbocycles. The second-order valence-corrected chi connectivity index (χ2v) is 3.80. The van der Waals surface area contributed by atoms with Gasteiger partial charge in [0.05, 0.1) is 0 Å². The van der Waals surface area contributed by atoms with E-state index in [0.29, 0.717) is 6.61 Å². The first kappa shape index (κ1) is 11.0. The van der Waals surface area contributed by atoms with Crippen molar-refractivity contribution in [1.82, 2.24) is 0 Å². The van der Waals surface area contributed by atoms with Gasteiger partial charge in [-0.2, -0.15) is 0 Å². The SMILES string of the molecule is CCCC(CCO)CC(C)C. The van der Waals surface area contributed by atoms with E-state index in [0.717, 1.165) is 18.3 Å². The summed E-state index contributed by atoms with van der Waals surface area (Å²) in [7, 11) is 0. The van der Waals surface area contributed by atoms with Gasteiger partial charge in [0, 0.05) is 6.61 Å². The Morgan fingerprint density at radius 3 is 2.18 bits per heavy atom. The lowest BCUT2D eigenvalue weighted by Crippen LogP contribution is -2.06. The summed E-state index contributed by atoms with van der Waals surface area (Å²) in [6.45, 7) is 7.07. The van der Waals surface area contributed by atoms with Gasteiger partial charge in [-0.1, -0.05) is 33.6 Å². The van der Waals surface area contributed by atoms with Crippen LogP contribution in [0.5, 0.6) is 0 Å². The fourth-order valence-corrected chi connectivity index (χ4v) is 1.64. The van der Waals surface area contributed by atoms with Crippen LogP contribution in [0.15, 0.2) is 0 Å². The molecule has 0 spiro atoms. The molecule has 0 radical (unpaired) electrons. The van der Waals surface area contributed by atoms with Gasteiger partial charge >= 0.3 is 0 Å². The van der Waals surface area contributed by atoms with Crippen molar-refractivity contribution in [2.45, 2.75) is 46.5 Å². The van der Waals surface area contributed by atoms with E-state index in [1.54, 1.807) is 0 Å². The summed E-state index contributed by atoms with van der Waals surface area (Å²) in [5.74, 6) is 1.53. The lowest BCUT2D eigenvalue weighted by molar-refractivity contribution is 0.236. The number of aliphatic hydroxyl groups is 1.